The second-order valence-electron chi connectivity index (χ2n) is 9.23. The number of aromatic nitrogens is 2. The van der Waals surface area contributed by atoms with Crippen LogP contribution in [-0.4, -0.2) is 26.4 Å². The maximum atomic E-state index is 12.8. The Labute approximate surface area is 239 Å². The Kier molecular flexibility index (Phi) is 7.12. The van der Waals surface area contributed by atoms with Gasteiger partial charge in [0.25, 0.3) is 10.4 Å². The maximum Gasteiger partial charge on any atom is 0.418 e. The minimum Gasteiger partial charge on any atom is -0.431 e. The number of alkyl halides is 3. The number of aliphatic hydroxyl groups is 2. The minimum absolute atomic E-state index is 0.269. The van der Waals surface area contributed by atoms with Crippen LogP contribution in [0.2, 0.25) is 0 Å². The van der Waals surface area contributed by atoms with E-state index in [0.717, 1.165) is 31.6 Å². The van der Waals surface area contributed by atoms with Gasteiger partial charge in [0.15, 0.2) is 6.10 Å². The van der Waals surface area contributed by atoms with E-state index >= 15 is 0 Å². The predicted octanol–water partition coefficient (Wildman–Crippen LogP) is 8.81. The fourth-order valence-electron chi connectivity index (χ4n) is 4.30. The topological polar surface area (TPSA) is 84.7 Å². The van der Waals surface area contributed by atoms with Gasteiger partial charge in [-0.05, 0) is 54.4 Å². The Morgan fingerprint density at radius 1 is 0.707 bits per heavy atom. The van der Waals surface area contributed by atoms with E-state index in [2.05, 4.69) is 9.97 Å². The van der Waals surface area contributed by atoms with Crippen LogP contribution in [0.5, 0.6) is 21.9 Å². The molecule has 0 saturated heterocycles. The van der Waals surface area contributed by atoms with E-state index in [4.69, 9.17) is 9.47 Å². The fourth-order valence-corrected chi connectivity index (χ4v) is 6.12. The van der Waals surface area contributed by atoms with Gasteiger partial charge in [-0.2, -0.15) is 13.2 Å². The van der Waals surface area contributed by atoms with Gasteiger partial charge in [-0.25, -0.2) is 9.97 Å². The molecule has 0 aliphatic carbocycles. The maximum absolute atomic E-state index is 12.8. The lowest BCUT2D eigenvalue weighted by Gasteiger charge is -2.14. The van der Waals surface area contributed by atoms with Crippen molar-refractivity contribution in [2.45, 2.75) is 25.3 Å². The third-order valence-electron chi connectivity index (χ3n) is 6.36. The Balaban J connectivity index is 1.28. The second kappa shape index (κ2) is 10.7. The molecule has 2 atom stereocenters. The molecule has 0 bridgehead atoms. The summed E-state index contributed by atoms with van der Waals surface area (Å²) in [5, 5.41) is 20.0. The summed E-state index contributed by atoms with van der Waals surface area (Å²) in [4.78, 5) is 9.33. The summed E-state index contributed by atoms with van der Waals surface area (Å²) in [5.74, 6) is 0.913. The van der Waals surface area contributed by atoms with Crippen molar-refractivity contribution < 1.29 is 32.9 Å². The highest BCUT2D eigenvalue weighted by molar-refractivity contribution is 7.21. The molecule has 2 unspecified atom stereocenters. The first kappa shape index (κ1) is 27.2. The number of ether oxygens (including phenoxy) is 2. The number of benzene rings is 4. The number of nitrogens with zero attached hydrogens (tertiary/aromatic N) is 2. The molecule has 6 rings (SSSR count). The van der Waals surface area contributed by atoms with Gasteiger partial charge in [0.2, 0.25) is 0 Å². The molecule has 6 nitrogen and oxygen atoms in total. The van der Waals surface area contributed by atoms with Gasteiger partial charge in [-0.3, -0.25) is 0 Å². The summed E-state index contributed by atoms with van der Waals surface area (Å²) >= 11 is 2.72. The smallest absolute Gasteiger partial charge is 0.418 e. The molecule has 4 aromatic carbocycles. The quantitative estimate of drug-likeness (QED) is 0.192. The molecule has 2 aromatic heterocycles. The largest absolute Gasteiger partial charge is 0.431 e. The highest BCUT2D eigenvalue weighted by atomic mass is 32.1. The van der Waals surface area contributed by atoms with Gasteiger partial charge in [-0.1, -0.05) is 71.2 Å². The Hall–Kier alpha value is -4.03. The van der Waals surface area contributed by atoms with Crippen molar-refractivity contribution in [3.8, 4) is 33.0 Å². The van der Waals surface area contributed by atoms with Crippen molar-refractivity contribution in [1.29, 1.82) is 0 Å². The van der Waals surface area contributed by atoms with Crippen LogP contribution in [0.15, 0.2) is 84.9 Å². The highest BCUT2D eigenvalue weighted by Gasteiger charge is 2.39. The van der Waals surface area contributed by atoms with Crippen LogP contribution in [0, 0.1) is 0 Å². The summed E-state index contributed by atoms with van der Waals surface area (Å²) < 4.78 is 52.1. The van der Waals surface area contributed by atoms with Gasteiger partial charge in [0.05, 0.1) is 26.5 Å². The first-order valence-corrected chi connectivity index (χ1v) is 14.1. The number of hydrogen-bond acceptors (Lipinski definition) is 8. The van der Waals surface area contributed by atoms with E-state index in [-0.39, 0.29) is 5.56 Å². The molecule has 0 aliphatic heterocycles. The zero-order valence-electron chi connectivity index (χ0n) is 21.3. The molecule has 0 aliphatic rings. The van der Waals surface area contributed by atoms with Gasteiger partial charge in [0.1, 0.15) is 11.5 Å². The lowest BCUT2D eigenvalue weighted by Crippen LogP contribution is -2.19. The summed E-state index contributed by atoms with van der Waals surface area (Å²) in [7, 11) is 0. The van der Waals surface area contributed by atoms with Crippen molar-refractivity contribution >= 4 is 43.1 Å². The van der Waals surface area contributed by atoms with E-state index in [1.165, 1.54) is 46.9 Å². The van der Waals surface area contributed by atoms with Crippen LogP contribution in [-0.2, 0) is 0 Å². The number of halogens is 3. The molecule has 208 valence electrons. The van der Waals surface area contributed by atoms with Gasteiger partial charge in [-0.15, -0.1) is 0 Å². The molecule has 41 heavy (non-hydrogen) atoms. The number of hydrogen-bond donors (Lipinski definition) is 2. The van der Waals surface area contributed by atoms with E-state index in [1.807, 2.05) is 48.5 Å². The molecule has 0 saturated carbocycles. The number of para-hydroxylation sites is 1. The van der Waals surface area contributed by atoms with Crippen LogP contribution in [0.25, 0.3) is 31.6 Å². The zero-order valence-corrected chi connectivity index (χ0v) is 22.9. The Morgan fingerprint density at radius 3 is 1.93 bits per heavy atom. The van der Waals surface area contributed by atoms with E-state index in [9.17, 15) is 23.4 Å². The third-order valence-corrected chi connectivity index (χ3v) is 8.24. The predicted molar refractivity (Wildman–Crippen MR) is 153 cm³/mol. The average molecular weight is 595 g/mol. The number of thiazole rings is 2. The lowest BCUT2D eigenvalue weighted by atomic mass is 10.0. The van der Waals surface area contributed by atoms with Crippen LogP contribution in [0.4, 0.5) is 13.2 Å². The summed E-state index contributed by atoms with van der Waals surface area (Å²) in [6.07, 6.45) is -7.87. The third kappa shape index (κ3) is 5.62. The van der Waals surface area contributed by atoms with Gasteiger partial charge >= 0.3 is 6.18 Å². The van der Waals surface area contributed by atoms with Crippen LogP contribution >= 0.6 is 22.7 Å². The normalized spacial score (nSPS) is 13.4. The molecule has 0 radical (unpaired) electrons. The van der Waals surface area contributed by atoms with E-state index in [0.29, 0.717) is 27.4 Å². The monoisotopic (exact) mass is 594 g/mol. The van der Waals surface area contributed by atoms with Crippen LogP contribution in [0.3, 0.4) is 0 Å². The van der Waals surface area contributed by atoms with Crippen molar-refractivity contribution in [2.75, 3.05) is 0 Å². The Bertz CT molecular complexity index is 1830. The van der Waals surface area contributed by atoms with Crippen LogP contribution in [0.1, 0.15) is 30.3 Å². The van der Waals surface area contributed by atoms with Crippen molar-refractivity contribution in [3.05, 3.63) is 96.1 Å². The highest BCUT2D eigenvalue weighted by Crippen LogP contribution is 2.42. The molecular formula is C30H21F3N2O4S2. The summed E-state index contributed by atoms with van der Waals surface area (Å²) in [5.41, 5.74) is 3.81. The first-order chi connectivity index (χ1) is 19.7. The SMILES string of the molecule is CC(O)c1ccc(Oc2nc3cccc(-c4cccc5sc(Oc6ccc(C(O)C(F)(F)F)cc6)nc45)c3s2)cc1. The molecule has 0 spiro atoms. The average Bonchev–Trinajstić information content (AvgIpc) is 3.56. The van der Waals surface area contributed by atoms with Crippen molar-refractivity contribution in [1.82, 2.24) is 9.97 Å². The molecule has 6 aromatic rings. The van der Waals surface area contributed by atoms with Crippen molar-refractivity contribution in [2.24, 2.45) is 0 Å². The molecule has 2 heterocycles. The molecule has 0 fully saturated rings. The molecular weight excluding hydrogens is 573 g/mol. The van der Waals surface area contributed by atoms with Gasteiger partial charge in [0, 0.05) is 11.1 Å². The summed E-state index contributed by atoms with van der Waals surface area (Å²) in [6.45, 7) is 1.70. The van der Waals surface area contributed by atoms with E-state index < -0.39 is 18.4 Å². The molecule has 0 amide bonds. The van der Waals surface area contributed by atoms with E-state index in [1.54, 1.807) is 19.1 Å². The zero-order chi connectivity index (χ0) is 28.7. The van der Waals surface area contributed by atoms with Gasteiger partial charge < -0.3 is 19.7 Å². The molecule has 11 heteroatoms. The number of aliphatic hydroxyl groups excluding tert-OH is 2. The standard InChI is InChI=1S/C30H21F3N2O4S2/c1-16(36)17-8-12-19(13-9-17)38-28-34-23-6-2-5-22(26(23)41-28)21-4-3-7-24-25(21)35-29(40-24)39-20-14-10-18(11-15-20)27(37)30(31,32)33/h2-16,27,36-37H,1H3. The fraction of sp³-hybridized carbons (Fsp3) is 0.133. The van der Waals surface area contributed by atoms with Crippen LogP contribution < -0.4 is 9.47 Å². The first-order valence-electron chi connectivity index (χ1n) is 12.4. The van der Waals surface area contributed by atoms with Crippen molar-refractivity contribution in [3.63, 3.8) is 0 Å². The number of rotatable bonds is 7. The lowest BCUT2D eigenvalue weighted by molar-refractivity contribution is -0.206. The Morgan fingerprint density at radius 2 is 1.29 bits per heavy atom. The molecule has 2 N–H and O–H groups in total. The number of fused-ring (bicyclic) bond motifs is 2. The minimum atomic E-state index is -4.75. The second-order valence-corrected chi connectivity index (χ2v) is 11.2. The summed E-state index contributed by atoms with van der Waals surface area (Å²) in [6, 6.07) is 23.9.